The average Bonchev–Trinajstić information content (AvgIpc) is 1.81. The van der Waals surface area contributed by atoms with Crippen LogP contribution < -0.4 is 0 Å². The standard InChI is InChI=1S/C9H14O4/c1-6(12-7(2)10)8(11)13-9(3,4)5/h1H2,2-5H3. The number of carbonyl (C=O) groups excluding carboxylic acids is 2. The summed E-state index contributed by atoms with van der Waals surface area (Å²) in [5.41, 5.74) is -0.611. The number of hydrogen-bond acceptors (Lipinski definition) is 4. The zero-order chi connectivity index (χ0) is 10.6. The van der Waals surface area contributed by atoms with Crippen molar-refractivity contribution < 1.29 is 19.1 Å². The molecular formula is C9H14O4. The normalized spacial score (nSPS) is 10.5. The average molecular weight is 186 g/mol. The van der Waals surface area contributed by atoms with Gasteiger partial charge in [0, 0.05) is 6.92 Å². The lowest BCUT2D eigenvalue weighted by molar-refractivity contribution is -0.158. The Morgan fingerprint density at radius 2 is 1.69 bits per heavy atom. The Labute approximate surface area is 77.5 Å². The molecule has 0 aromatic heterocycles. The highest BCUT2D eigenvalue weighted by Gasteiger charge is 2.20. The molecule has 0 unspecified atom stereocenters. The van der Waals surface area contributed by atoms with Crippen LogP contribution >= 0.6 is 0 Å². The molecule has 0 N–H and O–H groups in total. The van der Waals surface area contributed by atoms with Crippen LogP contribution in [-0.4, -0.2) is 17.5 Å². The van der Waals surface area contributed by atoms with Gasteiger partial charge < -0.3 is 9.47 Å². The Bertz CT molecular complexity index is 234. The SMILES string of the molecule is C=C(OC(C)=O)C(=O)OC(C)(C)C. The maximum absolute atomic E-state index is 11.1. The molecule has 0 heterocycles. The Morgan fingerprint density at radius 3 is 2.00 bits per heavy atom. The molecule has 0 amide bonds. The molecule has 0 aromatic carbocycles. The molecule has 0 aliphatic heterocycles. The van der Waals surface area contributed by atoms with Crippen molar-refractivity contribution in [1.82, 2.24) is 0 Å². The molecule has 0 saturated carbocycles. The number of rotatable bonds is 2. The van der Waals surface area contributed by atoms with Crippen molar-refractivity contribution in [3.63, 3.8) is 0 Å². The third-order valence-electron chi connectivity index (χ3n) is 0.893. The van der Waals surface area contributed by atoms with Crippen LogP contribution in [0.15, 0.2) is 12.3 Å². The number of hydrogen-bond donors (Lipinski definition) is 0. The van der Waals surface area contributed by atoms with Gasteiger partial charge in [-0.05, 0) is 27.4 Å². The van der Waals surface area contributed by atoms with E-state index in [1.165, 1.54) is 6.92 Å². The molecule has 0 aliphatic rings. The zero-order valence-corrected chi connectivity index (χ0v) is 8.34. The Hall–Kier alpha value is -1.32. The first-order chi connectivity index (χ1) is 5.72. The van der Waals surface area contributed by atoms with E-state index in [1.54, 1.807) is 20.8 Å². The first-order valence-electron chi connectivity index (χ1n) is 3.83. The summed E-state index contributed by atoms with van der Waals surface area (Å²) >= 11 is 0. The third-order valence-corrected chi connectivity index (χ3v) is 0.893. The number of esters is 2. The Morgan fingerprint density at radius 1 is 1.23 bits per heavy atom. The fraction of sp³-hybridized carbons (Fsp3) is 0.556. The van der Waals surface area contributed by atoms with Crippen molar-refractivity contribution in [2.24, 2.45) is 0 Å². The fourth-order valence-corrected chi connectivity index (χ4v) is 0.550. The summed E-state index contributed by atoms with van der Waals surface area (Å²) in [6, 6.07) is 0. The molecule has 0 atom stereocenters. The van der Waals surface area contributed by atoms with Crippen molar-refractivity contribution in [1.29, 1.82) is 0 Å². The smallest absolute Gasteiger partial charge is 0.374 e. The third kappa shape index (κ3) is 5.90. The zero-order valence-electron chi connectivity index (χ0n) is 8.34. The van der Waals surface area contributed by atoms with Crippen molar-refractivity contribution in [2.45, 2.75) is 33.3 Å². The molecule has 0 bridgehead atoms. The van der Waals surface area contributed by atoms with Gasteiger partial charge in [-0.1, -0.05) is 0 Å². The van der Waals surface area contributed by atoms with Crippen LogP contribution in [0, 0.1) is 0 Å². The molecule has 0 saturated heterocycles. The van der Waals surface area contributed by atoms with Crippen molar-refractivity contribution >= 4 is 11.9 Å². The molecule has 0 spiro atoms. The van der Waals surface area contributed by atoms with Crippen molar-refractivity contribution in [3.05, 3.63) is 12.3 Å². The predicted molar refractivity (Wildman–Crippen MR) is 46.8 cm³/mol. The lowest BCUT2D eigenvalue weighted by Gasteiger charge is -2.19. The van der Waals surface area contributed by atoms with Crippen LogP contribution in [0.5, 0.6) is 0 Å². The summed E-state index contributed by atoms with van der Waals surface area (Å²) in [5, 5.41) is 0. The summed E-state index contributed by atoms with van der Waals surface area (Å²) in [6.45, 7) is 9.59. The summed E-state index contributed by atoms with van der Waals surface area (Å²) in [6.07, 6.45) is 0. The molecule has 74 valence electrons. The lowest BCUT2D eigenvalue weighted by Crippen LogP contribution is -2.25. The molecule has 4 nitrogen and oxygen atoms in total. The monoisotopic (exact) mass is 186 g/mol. The van der Waals surface area contributed by atoms with Gasteiger partial charge in [0.2, 0.25) is 5.76 Å². The maximum Gasteiger partial charge on any atom is 0.374 e. The highest BCUT2D eigenvalue weighted by molar-refractivity contribution is 5.88. The van der Waals surface area contributed by atoms with Crippen LogP contribution in [-0.2, 0) is 19.1 Å². The van der Waals surface area contributed by atoms with Gasteiger partial charge in [0.15, 0.2) is 0 Å². The summed E-state index contributed by atoms with van der Waals surface area (Å²) in [5.74, 6) is -1.60. The lowest BCUT2D eigenvalue weighted by atomic mass is 10.2. The fourth-order valence-electron chi connectivity index (χ4n) is 0.550. The Balaban J connectivity index is 4.13. The molecule has 0 fully saturated rings. The van der Waals surface area contributed by atoms with Crippen LogP contribution in [0.2, 0.25) is 0 Å². The first-order valence-corrected chi connectivity index (χ1v) is 3.83. The van der Waals surface area contributed by atoms with Crippen LogP contribution in [0.1, 0.15) is 27.7 Å². The minimum atomic E-state index is -0.720. The van der Waals surface area contributed by atoms with E-state index in [9.17, 15) is 9.59 Å². The van der Waals surface area contributed by atoms with E-state index >= 15 is 0 Å². The second-order valence-electron chi connectivity index (χ2n) is 3.52. The highest BCUT2D eigenvalue weighted by atomic mass is 16.6. The quantitative estimate of drug-likeness (QED) is 0.371. The van der Waals surface area contributed by atoms with E-state index in [2.05, 4.69) is 11.3 Å². The van der Waals surface area contributed by atoms with E-state index in [1.807, 2.05) is 0 Å². The van der Waals surface area contributed by atoms with Crippen LogP contribution in [0.3, 0.4) is 0 Å². The first kappa shape index (κ1) is 11.7. The molecule has 0 aromatic rings. The van der Waals surface area contributed by atoms with Gasteiger partial charge in [-0.15, -0.1) is 0 Å². The van der Waals surface area contributed by atoms with Gasteiger partial charge in [0.1, 0.15) is 5.60 Å². The predicted octanol–water partition coefficient (Wildman–Crippen LogP) is 1.40. The van der Waals surface area contributed by atoms with Gasteiger partial charge in [-0.25, -0.2) is 4.79 Å². The van der Waals surface area contributed by atoms with E-state index in [-0.39, 0.29) is 5.76 Å². The minimum absolute atomic E-state index is 0.289. The maximum atomic E-state index is 11.1. The van der Waals surface area contributed by atoms with Gasteiger partial charge in [-0.2, -0.15) is 0 Å². The summed E-state index contributed by atoms with van der Waals surface area (Å²) < 4.78 is 9.33. The van der Waals surface area contributed by atoms with E-state index in [0.29, 0.717) is 0 Å². The van der Waals surface area contributed by atoms with Crippen molar-refractivity contribution in [2.75, 3.05) is 0 Å². The van der Waals surface area contributed by atoms with Crippen molar-refractivity contribution in [3.8, 4) is 0 Å². The molecule has 13 heavy (non-hydrogen) atoms. The molecule has 0 aliphatic carbocycles. The number of carbonyl (C=O) groups is 2. The van der Waals surface area contributed by atoms with Gasteiger partial charge in [0.05, 0.1) is 0 Å². The topological polar surface area (TPSA) is 52.6 Å². The van der Waals surface area contributed by atoms with E-state index in [4.69, 9.17) is 4.74 Å². The van der Waals surface area contributed by atoms with E-state index < -0.39 is 17.5 Å². The van der Waals surface area contributed by atoms with Gasteiger partial charge in [-0.3, -0.25) is 4.79 Å². The molecule has 0 rings (SSSR count). The summed E-state index contributed by atoms with van der Waals surface area (Å²) in [4.78, 5) is 21.5. The second kappa shape index (κ2) is 4.07. The molecular weight excluding hydrogens is 172 g/mol. The Kier molecular flexibility index (Phi) is 3.66. The summed E-state index contributed by atoms with van der Waals surface area (Å²) in [7, 11) is 0. The highest BCUT2D eigenvalue weighted by Crippen LogP contribution is 2.10. The molecule has 4 heteroatoms. The van der Waals surface area contributed by atoms with Crippen LogP contribution in [0.4, 0.5) is 0 Å². The van der Waals surface area contributed by atoms with Crippen LogP contribution in [0.25, 0.3) is 0 Å². The van der Waals surface area contributed by atoms with Gasteiger partial charge >= 0.3 is 11.9 Å². The molecule has 0 radical (unpaired) electrons. The number of ether oxygens (including phenoxy) is 2. The van der Waals surface area contributed by atoms with Gasteiger partial charge in [0.25, 0.3) is 0 Å². The largest absolute Gasteiger partial charge is 0.454 e. The minimum Gasteiger partial charge on any atom is -0.454 e. The van der Waals surface area contributed by atoms with E-state index in [0.717, 1.165) is 0 Å². The second-order valence-corrected chi connectivity index (χ2v) is 3.52.